The van der Waals surface area contributed by atoms with Crippen molar-refractivity contribution in [3.8, 4) is 0 Å². The number of hydrogen-bond acceptors (Lipinski definition) is 3. The van der Waals surface area contributed by atoms with Gasteiger partial charge in [0.2, 0.25) is 0 Å². The maximum Gasteiger partial charge on any atom is 0.325 e. The lowest BCUT2D eigenvalue weighted by molar-refractivity contribution is -0.147. The SMILES string of the molecule is COC(=O)[C@@]1(C)CCC(C)(C)N1. The molecule has 12 heavy (non-hydrogen) atoms. The van der Waals surface area contributed by atoms with E-state index in [1.807, 2.05) is 6.92 Å². The van der Waals surface area contributed by atoms with Crippen LogP contribution in [0.25, 0.3) is 0 Å². The average Bonchev–Trinajstić information content (AvgIpc) is 2.25. The van der Waals surface area contributed by atoms with Gasteiger partial charge >= 0.3 is 5.97 Å². The van der Waals surface area contributed by atoms with Crippen molar-refractivity contribution in [1.29, 1.82) is 0 Å². The molecule has 1 atom stereocenters. The molecule has 1 aliphatic rings. The van der Waals surface area contributed by atoms with Gasteiger partial charge < -0.3 is 4.74 Å². The van der Waals surface area contributed by atoms with Crippen LogP contribution >= 0.6 is 0 Å². The van der Waals surface area contributed by atoms with Crippen LogP contribution in [-0.4, -0.2) is 24.2 Å². The Bertz CT molecular complexity index is 201. The summed E-state index contributed by atoms with van der Waals surface area (Å²) in [6, 6.07) is 0. The van der Waals surface area contributed by atoms with E-state index in [4.69, 9.17) is 4.74 Å². The first kappa shape index (κ1) is 9.52. The molecule has 1 rings (SSSR count). The summed E-state index contributed by atoms with van der Waals surface area (Å²) in [7, 11) is 1.43. The third-order valence-corrected chi connectivity index (χ3v) is 2.50. The summed E-state index contributed by atoms with van der Waals surface area (Å²) in [6.45, 7) is 6.09. The van der Waals surface area contributed by atoms with Gasteiger partial charge in [0.05, 0.1) is 7.11 Å². The smallest absolute Gasteiger partial charge is 0.325 e. The predicted octanol–water partition coefficient (Wildman–Crippen LogP) is 1.08. The molecule has 1 N–H and O–H groups in total. The Hall–Kier alpha value is -0.570. The van der Waals surface area contributed by atoms with Gasteiger partial charge in [0.25, 0.3) is 0 Å². The van der Waals surface area contributed by atoms with E-state index in [1.54, 1.807) is 0 Å². The number of hydrogen-bond donors (Lipinski definition) is 1. The van der Waals surface area contributed by atoms with Crippen molar-refractivity contribution in [2.45, 2.75) is 44.7 Å². The van der Waals surface area contributed by atoms with Gasteiger partial charge in [0.15, 0.2) is 0 Å². The van der Waals surface area contributed by atoms with E-state index in [0.29, 0.717) is 0 Å². The Balaban J connectivity index is 2.71. The quantitative estimate of drug-likeness (QED) is 0.600. The number of rotatable bonds is 1. The molecular formula is C9H17NO2. The first-order valence-electron chi connectivity index (χ1n) is 4.27. The van der Waals surface area contributed by atoms with Gasteiger partial charge in [0.1, 0.15) is 5.54 Å². The number of carbonyl (C=O) groups is 1. The topological polar surface area (TPSA) is 38.3 Å². The minimum atomic E-state index is -0.474. The van der Waals surface area contributed by atoms with Gasteiger partial charge in [-0.1, -0.05) is 0 Å². The van der Waals surface area contributed by atoms with Crippen molar-refractivity contribution >= 4 is 5.97 Å². The molecule has 1 aliphatic heterocycles. The lowest BCUT2D eigenvalue weighted by Crippen LogP contribution is -2.51. The molecule has 1 saturated heterocycles. The maximum atomic E-state index is 11.3. The van der Waals surface area contributed by atoms with Gasteiger partial charge in [-0.05, 0) is 33.6 Å². The molecule has 0 aromatic rings. The zero-order valence-electron chi connectivity index (χ0n) is 8.23. The molecule has 3 heteroatoms. The summed E-state index contributed by atoms with van der Waals surface area (Å²) < 4.78 is 4.73. The molecule has 3 nitrogen and oxygen atoms in total. The van der Waals surface area contributed by atoms with Crippen LogP contribution in [0.1, 0.15) is 33.6 Å². The lowest BCUT2D eigenvalue weighted by atomic mass is 9.99. The monoisotopic (exact) mass is 171 g/mol. The largest absolute Gasteiger partial charge is 0.468 e. The Morgan fingerprint density at radius 3 is 2.25 bits per heavy atom. The highest BCUT2D eigenvalue weighted by atomic mass is 16.5. The zero-order chi connectivity index (χ0) is 9.41. The zero-order valence-corrected chi connectivity index (χ0v) is 8.23. The Kier molecular flexibility index (Phi) is 2.17. The van der Waals surface area contributed by atoms with E-state index in [2.05, 4.69) is 19.2 Å². The Morgan fingerprint density at radius 2 is 1.92 bits per heavy atom. The summed E-state index contributed by atoms with van der Waals surface area (Å²) in [5.74, 6) is -0.159. The molecule has 0 saturated carbocycles. The van der Waals surface area contributed by atoms with E-state index in [-0.39, 0.29) is 11.5 Å². The molecule has 0 aromatic carbocycles. The maximum absolute atomic E-state index is 11.3. The predicted molar refractivity (Wildman–Crippen MR) is 46.9 cm³/mol. The van der Waals surface area contributed by atoms with Gasteiger partial charge in [0, 0.05) is 5.54 Å². The minimum Gasteiger partial charge on any atom is -0.468 e. The van der Waals surface area contributed by atoms with E-state index in [1.165, 1.54) is 7.11 Å². The summed E-state index contributed by atoms with van der Waals surface area (Å²) in [6.07, 6.45) is 1.87. The molecule has 0 radical (unpaired) electrons. The van der Waals surface area contributed by atoms with Crippen molar-refractivity contribution in [3.63, 3.8) is 0 Å². The number of carbonyl (C=O) groups excluding carboxylic acids is 1. The van der Waals surface area contributed by atoms with Crippen molar-refractivity contribution < 1.29 is 9.53 Å². The van der Waals surface area contributed by atoms with Crippen molar-refractivity contribution in [3.05, 3.63) is 0 Å². The van der Waals surface area contributed by atoms with Crippen LogP contribution in [0, 0.1) is 0 Å². The number of esters is 1. The second-order valence-electron chi connectivity index (χ2n) is 4.33. The molecule has 0 unspecified atom stereocenters. The van der Waals surface area contributed by atoms with Crippen molar-refractivity contribution in [2.24, 2.45) is 0 Å². The minimum absolute atomic E-state index is 0.0585. The number of ether oxygens (including phenoxy) is 1. The molecule has 0 bridgehead atoms. The van der Waals surface area contributed by atoms with Crippen LogP contribution in [0.2, 0.25) is 0 Å². The third kappa shape index (κ3) is 1.61. The molecule has 1 fully saturated rings. The molecule has 1 heterocycles. The van der Waals surface area contributed by atoms with Crippen LogP contribution in [0.3, 0.4) is 0 Å². The Morgan fingerprint density at radius 1 is 1.33 bits per heavy atom. The molecule has 0 amide bonds. The molecule has 0 aliphatic carbocycles. The summed E-state index contributed by atoms with van der Waals surface area (Å²) in [4.78, 5) is 11.3. The van der Waals surface area contributed by atoms with E-state index in [9.17, 15) is 4.79 Å². The van der Waals surface area contributed by atoms with Crippen molar-refractivity contribution in [1.82, 2.24) is 5.32 Å². The van der Waals surface area contributed by atoms with Gasteiger partial charge in [-0.3, -0.25) is 10.1 Å². The normalized spacial score (nSPS) is 33.3. The fraction of sp³-hybridized carbons (Fsp3) is 0.889. The second-order valence-corrected chi connectivity index (χ2v) is 4.33. The highest BCUT2D eigenvalue weighted by molar-refractivity contribution is 5.80. The van der Waals surface area contributed by atoms with Gasteiger partial charge in [-0.15, -0.1) is 0 Å². The molecule has 0 spiro atoms. The van der Waals surface area contributed by atoms with E-state index < -0.39 is 5.54 Å². The Labute approximate surface area is 73.5 Å². The fourth-order valence-corrected chi connectivity index (χ4v) is 1.81. The average molecular weight is 171 g/mol. The van der Waals surface area contributed by atoms with E-state index in [0.717, 1.165) is 12.8 Å². The van der Waals surface area contributed by atoms with Crippen LogP contribution < -0.4 is 5.32 Å². The first-order valence-corrected chi connectivity index (χ1v) is 4.27. The number of methoxy groups -OCH3 is 1. The third-order valence-electron chi connectivity index (χ3n) is 2.50. The lowest BCUT2D eigenvalue weighted by Gasteiger charge is -2.26. The highest BCUT2D eigenvalue weighted by Crippen LogP contribution is 2.30. The first-order chi connectivity index (χ1) is 5.40. The number of nitrogens with one attached hydrogen (secondary N) is 1. The van der Waals surface area contributed by atoms with Gasteiger partial charge in [-0.25, -0.2) is 0 Å². The molecule has 0 aromatic heterocycles. The van der Waals surface area contributed by atoms with Crippen molar-refractivity contribution in [2.75, 3.05) is 7.11 Å². The summed E-state index contributed by atoms with van der Waals surface area (Å²) in [5.41, 5.74) is -0.415. The standard InChI is InChI=1S/C9H17NO2/c1-8(2)5-6-9(3,10-8)7(11)12-4/h10H,5-6H2,1-4H3/t9-/m1/s1. The summed E-state index contributed by atoms with van der Waals surface area (Å²) >= 11 is 0. The summed E-state index contributed by atoms with van der Waals surface area (Å²) in [5, 5.41) is 3.28. The second kappa shape index (κ2) is 2.73. The van der Waals surface area contributed by atoms with Crippen LogP contribution in [-0.2, 0) is 9.53 Å². The molecular weight excluding hydrogens is 154 g/mol. The van der Waals surface area contributed by atoms with Crippen LogP contribution in [0.4, 0.5) is 0 Å². The van der Waals surface area contributed by atoms with Crippen LogP contribution in [0.5, 0.6) is 0 Å². The fourth-order valence-electron chi connectivity index (χ4n) is 1.81. The van der Waals surface area contributed by atoms with E-state index >= 15 is 0 Å². The molecule has 70 valence electrons. The highest BCUT2D eigenvalue weighted by Gasteiger charge is 2.44. The van der Waals surface area contributed by atoms with Crippen LogP contribution in [0.15, 0.2) is 0 Å². The van der Waals surface area contributed by atoms with Gasteiger partial charge in [-0.2, -0.15) is 0 Å².